The molecule has 1 heterocycles. The van der Waals surface area contributed by atoms with E-state index in [-0.39, 0.29) is 11.4 Å². The van der Waals surface area contributed by atoms with Gasteiger partial charge in [-0.3, -0.25) is 4.79 Å². The molecule has 0 spiro atoms. The number of aromatic carboxylic acids is 1. The third kappa shape index (κ3) is 2.35. The van der Waals surface area contributed by atoms with Gasteiger partial charge in [-0.25, -0.2) is 18.3 Å². The van der Waals surface area contributed by atoms with E-state index >= 15 is 0 Å². The maximum absolute atomic E-state index is 13.6. The monoisotopic (exact) mass is 266 g/mol. The van der Waals surface area contributed by atoms with E-state index in [4.69, 9.17) is 5.11 Å². The molecule has 0 unspecified atom stereocenters. The van der Waals surface area contributed by atoms with Crippen LogP contribution in [0.5, 0.6) is 0 Å². The Hall–Kier alpha value is -2.57. The van der Waals surface area contributed by atoms with Gasteiger partial charge in [-0.2, -0.15) is 5.10 Å². The third-order valence-corrected chi connectivity index (χ3v) is 2.45. The van der Waals surface area contributed by atoms with Gasteiger partial charge >= 0.3 is 5.97 Å². The first-order chi connectivity index (χ1) is 8.90. The average Bonchev–Trinajstić information content (AvgIpc) is 2.30. The van der Waals surface area contributed by atoms with Crippen molar-refractivity contribution in [3.8, 4) is 5.69 Å². The lowest BCUT2D eigenvalue weighted by atomic mass is 10.2. The molecule has 0 bridgehead atoms. The highest BCUT2D eigenvalue weighted by molar-refractivity contribution is 5.84. The van der Waals surface area contributed by atoms with Gasteiger partial charge in [0.15, 0.2) is 5.82 Å². The summed E-state index contributed by atoms with van der Waals surface area (Å²) >= 11 is 0. The van der Waals surface area contributed by atoms with Crippen LogP contribution in [0.15, 0.2) is 29.1 Å². The quantitative estimate of drug-likeness (QED) is 0.894. The number of nitrogens with zero attached hydrogens (tertiary/aromatic N) is 2. The summed E-state index contributed by atoms with van der Waals surface area (Å²) in [5.41, 5.74) is -1.40. The average molecular weight is 266 g/mol. The van der Waals surface area contributed by atoms with E-state index in [1.54, 1.807) is 0 Å². The number of aryl methyl sites for hydroxylation is 1. The van der Waals surface area contributed by atoms with Crippen molar-refractivity contribution >= 4 is 5.97 Å². The second kappa shape index (κ2) is 4.60. The van der Waals surface area contributed by atoms with Crippen LogP contribution in [-0.4, -0.2) is 20.9 Å². The fourth-order valence-corrected chi connectivity index (χ4v) is 1.59. The van der Waals surface area contributed by atoms with Crippen LogP contribution >= 0.6 is 0 Å². The zero-order valence-electron chi connectivity index (χ0n) is 9.72. The molecule has 0 radical (unpaired) electrons. The van der Waals surface area contributed by atoms with Crippen molar-refractivity contribution in [3.63, 3.8) is 0 Å². The summed E-state index contributed by atoms with van der Waals surface area (Å²) in [5.74, 6) is -3.18. The molecule has 19 heavy (non-hydrogen) atoms. The van der Waals surface area contributed by atoms with Gasteiger partial charge in [-0.1, -0.05) is 0 Å². The van der Waals surface area contributed by atoms with Gasteiger partial charge in [0.1, 0.15) is 11.5 Å². The first kappa shape index (κ1) is 12.9. The van der Waals surface area contributed by atoms with Crippen molar-refractivity contribution in [2.75, 3.05) is 0 Å². The number of hydrogen-bond donors (Lipinski definition) is 1. The molecule has 0 amide bonds. The predicted octanol–water partition coefficient (Wildman–Crippen LogP) is 1.52. The Morgan fingerprint density at radius 3 is 2.58 bits per heavy atom. The van der Waals surface area contributed by atoms with Crippen LogP contribution in [0.1, 0.15) is 16.2 Å². The number of benzene rings is 1. The Bertz CT molecular complexity index is 725. The van der Waals surface area contributed by atoms with Gasteiger partial charge in [0, 0.05) is 17.8 Å². The maximum Gasteiger partial charge on any atom is 0.360 e. The molecule has 98 valence electrons. The van der Waals surface area contributed by atoms with Crippen molar-refractivity contribution < 1.29 is 18.7 Å². The Morgan fingerprint density at radius 1 is 1.32 bits per heavy atom. The summed E-state index contributed by atoms with van der Waals surface area (Å²) < 4.78 is 27.4. The Kier molecular flexibility index (Phi) is 3.12. The van der Waals surface area contributed by atoms with Gasteiger partial charge in [0.25, 0.3) is 0 Å². The summed E-state index contributed by atoms with van der Waals surface area (Å²) in [6, 6.07) is 3.80. The lowest BCUT2D eigenvalue weighted by Crippen LogP contribution is -2.23. The van der Waals surface area contributed by atoms with E-state index in [1.807, 2.05) is 0 Å². The molecule has 0 aliphatic carbocycles. The third-order valence-electron chi connectivity index (χ3n) is 2.45. The molecular weight excluding hydrogens is 258 g/mol. The van der Waals surface area contributed by atoms with Crippen molar-refractivity contribution in [2.24, 2.45) is 0 Å². The predicted molar refractivity (Wildman–Crippen MR) is 61.4 cm³/mol. The lowest BCUT2D eigenvalue weighted by Gasteiger charge is -2.10. The molecule has 5 nitrogen and oxygen atoms in total. The highest BCUT2D eigenvalue weighted by Crippen LogP contribution is 2.15. The number of carboxylic acids is 1. The van der Waals surface area contributed by atoms with Crippen LogP contribution in [0.2, 0.25) is 0 Å². The summed E-state index contributed by atoms with van der Waals surface area (Å²) in [6.07, 6.45) is 0. The fraction of sp³-hybridized carbons (Fsp3) is 0.0833. The van der Waals surface area contributed by atoms with E-state index in [0.717, 1.165) is 22.9 Å². The Labute approximate surface area is 105 Å². The Morgan fingerprint density at radius 2 is 2.00 bits per heavy atom. The van der Waals surface area contributed by atoms with Crippen molar-refractivity contribution in [2.45, 2.75) is 6.92 Å². The molecule has 7 heteroatoms. The molecule has 0 aliphatic heterocycles. The van der Waals surface area contributed by atoms with Crippen LogP contribution in [0.3, 0.4) is 0 Å². The molecule has 0 atom stereocenters. The number of aromatic nitrogens is 2. The molecule has 2 rings (SSSR count). The van der Waals surface area contributed by atoms with E-state index in [0.29, 0.717) is 6.07 Å². The number of carbonyl (C=O) groups is 1. The summed E-state index contributed by atoms with van der Waals surface area (Å²) in [4.78, 5) is 22.2. The van der Waals surface area contributed by atoms with E-state index < -0.39 is 28.7 Å². The van der Waals surface area contributed by atoms with Crippen LogP contribution < -0.4 is 5.43 Å². The van der Waals surface area contributed by atoms with Gasteiger partial charge in [0.2, 0.25) is 11.1 Å². The maximum atomic E-state index is 13.6. The zero-order chi connectivity index (χ0) is 14.2. The van der Waals surface area contributed by atoms with Gasteiger partial charge in [-0.05, 0) is 19.1 Å². The molecule has 0 fully saturated rings. The SMILES string of the molecule is Cc1cc(=O)c(C(=O)O)nn1-c1ccc(F)cc1F. The molecule has 1 aromatic heterocycles. The minimum absolute atomic E-state index is 0.138. The molecule has 0 saturated carbocycles. The first-order valence-electron chi connectivity index (χ1n) is 5.20. The molecule has 0 saturated heterocycles. The first-order valence-corrected chi connectivity index (χ1v) is 5.20. The summed E-state index contributed by atoms with van der Waals surface area (Å²) in [7, 11) is 0. The van der Waals surface area contributed by atoms with Gasteiger partial charge in [-0.15, -0.1) is 0 Å². The van der Waals surface area contributed by atoms with Gasteiger partial charge < -0.3 is 5.11 Å². The van der Waals surface area contributed by atoms with Crippen LogP contribution in [-0.2, 0) is 0 Å². The van der Waals surface area contributed by atoms with Crippen molar-refractivity contribution in [3.05, 3.63) is 57.5 Å². The smallest absolute Gasteiger partial charge is 0.360 e. The lowest BCUT2D eigenvalue weighted by molar-refractivity contribution is 0.0686. The molecule has 1 aromatic carbocycles. The highest BCUT2D eigenvalue weighted by Gasteiger charge is 2.15. The van der Waals surface area contributed by atoms with Crippen LogP contribution in [0.25, 0.3) is 5.69 Å². The van der Waals surface area contributed by atoms with Crippen molar-refractivity contribution in [1.29, 1.82) is 0 Å². The normalized spacial score (nSPS) is 10.5. The topological polar surface area (TPSA) is 72.2 Å². The minimum Gasteiger partial charge on any atom is -0.476 e. The van der Waals surface area contributed by atoms with Crippen LogP contribution in [0, 0.1) is 18.6 Å². The molecule has 1 N–H and O–H groups in total. The standard InChI is InChI=1S/C12H8F2N2O3/c1-6-4-10(17)11(12(18)19)15-16(6)9-3-2-7(13)5-8(9)14/h2-5H,1H3,(H,18,19). The number of halogens is 2. The molecular formula is C12H8F2N2O3. The highest BCUT2D eigenvalue weighted by atomic mass is 19.1. The Balaban J connectivity index is 2.71. The van der Waals surface area contributed by atoms with Crippen molar-refractivity contribution in [1.82, 2.24) is 9.78 Å². The van der Waals surface area contributed by atoms with E-state index in [9.17, 15) is 18.4 Å². The summed E-state index contributed by atoms with van der Waals surface area (Å²) in [6.45, 7) is 1.46. The minimum atomic E-state index is -1.51. The molecule has 2 aromatic rings. The second-order valence-electron chi connectivity index (χ2n) is 3.81. The van der Waals surface area contributed by atoms with E-state index in [1.165, 1.54) is 6.92 Å². The van der Waals surface area contributed by atoms with Gasteiger partial charge in [0.05, 0.1) is 0 Å². The number of rotatable bonds is 2. The largest absolute Gasteiger partial charge is 0.476 e. The van der Waals surface area contributed by atoms with E-state index in [2.05, 4.69) is 5.10 Å². The number of hydrogen-bond acceptors (Lipinski definition) is 3. The second-order valence-corrected chi connectivity index (χ2v) is 3.81. The fourth-order valence-electron chi connectivity index (χ4n) is 1.59. The number of carboxylic acid groups (broad SMARTS) is 1. The zero-order valence-corrected chi connectivity index (χ0v) is 9.72. The van der Waals surface area contributed by atoms with Crippen LogP contribution in [0.4, 0.5) is 8.78 Å². The summed E-state index contributed by atoms with van der Waals surface area (Å²) in [5, 5.41) is 12.4. The molecule has 0 aliphatic rings.